The van der Waals surface area contributed by atoms with Gasteiger partial charge in [0.25, 0.3) is 0 Å². The number of ether oxygens (including phenoxy) is 2. The molecule has 2 heterocycles. The van der Waals surface area contributed by atoms with E-state index in [0.29, 0.717) is 37.9 Å². The van der Waals surface area contributed by atoms with E-state index in [1.54, 1.807) is 0 Å². The molecule has 0 aliphatic carbocycles. The number of aliphatic hydroxyl groups is 1. The Morgan fingerprint density at radius 1 is 0.943 bits per heavy atom. The second-order valence-electron chi connectivity index (χ2n) is 17.6. The Hall–Kier alpha value is -4.58. The minimum absolute atomic E-state index is 0.00341. The molecule has 1 saturated heterocycles. The first-order valence-corrected chi connectivity index (χ1v) is 25.8. The highest BCUT2D eigenvalue weighted by Crippen LogP contribution is 2.46. The number of thiol groups is 1. The number of hydrogen-bond donors (Lipinski definition) is 9. The molecular weight excluding hydrogens is 952 g/mol. The van der Waals surface area contributed by atoms with Crippen LogP contribution in [0, 0.1) is 17.8 Å². The third kappa shape index (κ3) is 21.8. The van der Waals surface area contributed by atoms with Gasteiger partial charge in [0.2, 0.25) is 29.5 Å². The van der Waals surface area contributed by atoms with Gasteiger partial charge in [0.05, 0.1) is 82.4 Å². The van der Waals surface area contributed by atoms with Gasteiger partial charge in [-0.3, -0.25) is 42.6 Å². The van der Waals surface area contributed by atoms with E-state index < -0.39 is 98.7 Å². The zero-order chi connectivity index (χ0) is 51.6. The first-order valence-electron chi connectivity index (χ1n) is 23.7. The topological polar surface area (TPSA) is 334 Å². The zero-order valence-electron chi connectivity index (χ0n) is 40.3. The van der Waals surface area contributed by atoms with Crippen molar-refractivity contribution in [1.82, 2.24) is 30.8 Å². The maximum Gasteiger partial charge on any atom is 0.472 e. The standard InChI is InChI=1S/C46H73N8O14PS/c1-30(2)22-37(52-46(62)39-13-9-16-54(39)42(58)14-18-65-20-21-66-19-15-50-45(61)36(47)28-70)40(56)24-33(23-34-26-49-29-51-34)44(60)53-38(27-55)41(57)25-35(43(48)59)31(3)68-69(63,64)67-17-8-7-12-32-10-5-4-6-11-32/h4-6,10-11,26,29-31,33,35-39,55,70H,7-9,12-25,27-28,47H2,1-3H3,(H2,48,59)(H,49,51)(H,50,61)(H,52,62)(H,53,60)(H,63,64)/t31-,33-,35+,36+,37+,38+,39+/m1/s1. The number of likely N-dealkylation sites (tertiary alicyclic amines) is 1. The molecule has 5 amide bonds. The summed E-state index contributed by atoms with van der Waals surface area (Å²) in [6.07, 6.45) is 3.27. The van der Waals surface area contributed by atoms with Crippen LogP contribution < -0.4 is 27.4 Å². The van der Waals surface area contributed by atoms with Gasteiger partial charge in [0.15, 0.2) is 11.6 Å². The number of aryl methyl sites for hydroxylation is 1. The number of ketones is 2. The number of amides is 5. The molecule has 70 heavy (non-hydrogen) atoms. The molecule has 392 valence electrons. The molecule has 1 unspecified atom stereocenters. The number of Topliss-reactive ketones (excluding diaryl/α,β-unsaturated/α-hetero) is 2. The number of imidazole rings is 1. The molecule has 10 N–H and O–H groups in total. The molecule has 1 aliphatic rings. The van der Waals surface area contributed by atoms with Crippen molar-refractivity contribution in [3.63, 3.8) is 0 Å². The predicted octanol–water partition coefficient (Wildman–Crippen LogP) is 0.929. The molecule has 0 spiro atoms. The van der Waals surface area contributed by atoms with E-state index in [9.17, 15) is 48.1 Å². The highest BCUT2D eigenvalue weighted by Gasteiger charge is 2.38. The van der Waals surface area contributed by atoms with Crippen LogP contribution in [0.15, 0.2) is 42.9 Å². The summed E-state index contributed by atoms with van der Waals surface area (Å²) < 4.78 is 34.1. The van der Waals surface area contributed by atoms with Gasteiger partial charge in [0.1, 0.15) is 12.1 Å². The van der Waals surface area contributed by atoms with E-state index in [-0.39, 0.29) is 82.3 Å². The third-order valence-corrected chi connectivity index (χ3v) is 13.0. The van der Waals surface area contributed by atoms with Gasteiger partial charge in [-0.05, 0) is 56.9 Å². The van der Waals surface area contributed by atoms with Crippen molar-refractivity contribution in [2.45, 2.75) is 115 Å². The average Bonchev–Trinajstić information content (AvgIpc) is 4.04. The lowest BCUT2D eigenvalue weighted by molar-refractivity contribution is -0.140. The van der Waals surface area contributed by atoms with Crippen molar-refractivity contribution in [1.29, 1.82) is 0 Å². The van der Waals surface area contributed by atoms with Crippen LogP contribution in [-0.4, -0.2) is 155 Å². The summed E-state index contributed by atoms with van der Waals surface area (Å²) in [7, 11) is -4.70. The summed E-state index contributed by atoms with van der Waals surface area (Å²) in [4.78, 5) is 112. The van der Waals surface area contributed by atoms with Crippen molar-refractivity contribution in [3.8, 4) is 0 Å². The van der Waals surface area contributed by atoms with Gasteiger partial charge in [-0.25, -0.2) is 9.55 Å². The first kappa shape index (κ1) is 59.7. The maximum atomic E-state index is 14.1. The zero-order valence-corrected chi connectivity index (χ0v) is 42.1. The number of nitrogens with one attached hydrogen (secondary N) is 4. The number of aromatic amines is 1. The van der Waals surface area contributed by atoms with Gasteiger partial charge >= 0.3 is 7.82 Å². The van der Waals surface area contributed by atoms with Gasteiger partial charge < -0.3 is 56.8 Å². The molecule has 3 rings (SSSR count). The number of phosphoric acid groups is 1. The number of benzene rings is 1. The molecule has 22 nitrogen and oxygen atoms in total. The number of phosphoric ester groups is 1. The number of H-pyrrole nitrogens is 1. The highest BCUT2D eigenvalue weighted by molar-refractivity contribution is 7.80. The van der Waals surface area contributed by atoms with Gasteiger partial charge in [0, 0.05) is 50.0 Å². The largest absolute Gasteiger partial charge is 0.472 e. The maximum absolute atomic E-state index is 14.1. The summed E-state index contributed by atoms with van der Waals surface area (Å²) in [6, 6.07) is 5.48. The molecule has 1 aliphatic heterocycles. The Balaban J connectivity index is 1.58. The number of carbonyl (C=O) groups excluding carboxylic acids is 7. The number of carbonyl (C=O) groups is 7. The summed E-state index contributed by atoms with van der Waals surface area (Å²) in [5.41, 5.74) is 12.8. The molecule has 0 bridgehead atoms. The molecule has 2 aromatic rings. The number of nitrogens with two attached hydrogens (primary N) is 2. The van der Waals surface area contributed by atoms with Crippen LogP contribution in [0.1, 0.15) is 83.4 Å². The first-order chi connectivity index (χ1) is 33.3. The fraction of sp³-hybridized carbons (Fsp3) is 0.652. The van der Waals surface area contributed by atoms with Crippen LogP contribution in [0.5, 0.6) is 0 Å². The molecule has 0 saturated carbocycles. The van der Waals surface area contributed by atoms with Crippen LogP contribution in [-0.2, 0) is 69.5 Å². The molecule has 8 atom stereocenters. The van der Waals surface area contributed by atoms with Crippen LogP contribution in [0.2, 0.25) is 0 Å². The van der Waals surface area contributed by atoms with E-state index >= 15 is 0 Å². The van der Waals surface area contributed by atoms with Crippen LogP contribution in [0.25, 0.3) is 0 Å². The molecule has 0 radical (unpaired) electrons. The number of rotatable bonds is 36. The minimum atomic E-state index is -4.70. The quantitative estimate of drug-likeness (QED) is 0.0260. The summed E-state index contributed by atoms with van der Waals surface area (Å²) >= 11 is 3.99. The minimum Gasteiger partial charge on any atom is -0.394 e. The fourth-order valence-corrected chi connectivity index (χ4v) is 8.84. The lowest BCUT2D eigenvalue weighted by atomic mass is 9.89. The average molecular weight is 1030 g/mol. The Labute approximate surface area is 414 Å². The van der Waals surface area contributed by atoms with Crippen molar-refractivity contribution < 1.29 is 66.6 Å². The molecule has 1 aromatic heterocycles. The van der Waals surface area contributed by atoms with Crippen molar-refractivity contribution >= 4 is 61.6 Å². The number of hydrogen-bond acceptors (Lipinski definition) is 16. The van der Waals surface area contributed by atoms with Crippen molar-refractivity contribution in [2.24, 2.45) is 29.2 Å². The highest BCUT2D eigenvalue weighted by atomic mass is 32.1. The van der Waals surface area contributed by atoms with Crippen LogP contribution >= 0.6 is 20.5 Å². The fourth-order valence-electron chi connectivity index (χ4n) is 7.68. The Bertz CT molecular complexity index is 2000. The second-order valence-corrected chi connectivity index (χ2v) is 19.4. The molecule has 24 heteroatoms. The summed E-state index contributed by atoms with van der Waals surface area (Å²) in [5.74, 6) is -6.79. The summed E-state index contributed by atoms with van der Waals surface area (Å²) in [5, 5.41) is 18.2. The number of nitrogens with zero attached hydrogens (tertiary/aromatic N) is 2. The molecular formula is C46H73N8O14PS. The lowest BCUT2D eigenvalue weighted by Crippen LogP contribution is -2.52. The van der Waals surface area contributed by atoms with Crippen LogP contribution in [0.3, 0.4) is 0 Å². The number of primary amides is 1. The number of aliphatic hydroxyl groups excluding tert-OH is 1. The Morgan fingerprint density at radius 3 is 2.29 bits per heavy atom. The lowest BCUT2D eigenvalue weighted by Gasteiger charge is -2.28. The second kappa shape index (κ2) is 31.7. The Morgan fingerprint density at radius 2 is 1.64 bits per heavy atom. The molecule has 1 fully saturated rings. The smallest absolute Gasteiger partial charge is 0.394 e. The SMILES string of the molecule is CC(C)C[C@H](NC(=O)[C@@H]1CCCN1C(=O)CCOCCOCCNC(=O)[C@@H](N)CS)C(=O)C[C@@H](Cc1cnc[nH]1)C(=O)N[C@@H](CO)C(=O)C[C@H](C(N)=O)[C@@H](C)OP(=O)(O)OCCCCc1ccccc1. The van der Waals surface area contributed by atoms with Crippen molar-refractivity contribution in [2.75, 3.05) is 58.5 Å². The van der Waals surface area contributed by atoms with Gasteiger partial charge in [-0.1, -0.05) is 44.2 Å². The third-order valence-electron chi connectivity index (χ3n) is 11.5. The van der Waals surface area contributed by atoms with Gasteiger partial charge in [-0.2, -0.15) is 12.6 Å². The molecule has 1 aromatic carbocycles. The van der Waals surface area contributed by atoms with Crippen molar-refractivity contribution in [3.05, 3.63) is 54.1 Å². The number of unbranched alkanes of at least 4 members (excludes halogenated alkanes) is 1. The van der Waals surface area contributed by atoms with Crippen LogP contribution in [0.4, 0.5) is 0 Å². The van der Waals surface area contributed by atoms with E-state index in [4.69, 9.17) is 30.0 Å². The van der Waals surface area contributed by atoms with Gasteiger partial charge in [-0.15, -0.1) is 0 Å². The number of aromatic nitrogens is 2. The van der Waals surface area contributed by atoms with E-state index in [0.717, 1.165) is 12.0 Å². The van der Waals surface area contributed by atoms with E-state index in [2.05, 4.69) is 38.5 Å². The van der Waals surface area contributed by atoms with E-state index in [1.165, 1.54) is 24.3 Å². The normalized spacial score (nSPS) is 17.1. The summed E-state index contributed by atoms with van der Waals surface area (Å²) in [6.45, 7) is 5.32. The predicted molar refractivity (Wildman–Crippen MR) is 260 cm³/mol. The van der Waals surface area contributed by atoms with E-state index in [1.807, 2.05) is 44.2 Å². The monoisotopic (exact) mass is 1020 g/mol. The Kier molecular flexibility index (Phi) is 27.0.